The van der Waals surface area contributed by atoms with Crippen LogP contribution in [0, 0.1) is 12.8 Å². The molecule has 0 N–H and O–H groups in total. The zero-order valence-corrected chi connectivity index (χ0v) is 11.8. The van der Waals surface area contributed by atoms with Gasteiger partial charge >= 0.3 is 5.97 Å². The van der Waals surface area contributed by atoms with Gasteiger partial charge in [-0.25, -0.2) is 4.79 Å². The van der Waals surface area contributed by atoms with Gasteiger partial charge in [0.15, 0.2) is 0 Å². The molecule has 0 saturated heterocycles. The summed E-state index contributed by atoms with van der Waals surface area (Å²) in [5.41, 5.74) is 1.18. The molecule has 2 aromatic rings. The zero-order chi connectivity index (χ0) is 14.1. The predicted molar refractivity (Wildman–Crippen MR) is 75.1 cm³/mol. The van der Waals surface area contributed by atoms with Crippen LogP contribution in [0.15, 0.2) is 22.6 Å². The van der Waals surface area contributed by atoms with Crippen molar-refractivity contribution in [2.75, 3.05) is 13.2 Å². The second-order valence-electron chi connectivity index (χ2n) is 5.17. The highest BCUT2D eigenvalue weighted by Crippen LogP contribution is 2.32. The maximum Gasteiger partial charge on any atom is 0.342 e. The number of hydrogen-bond acceptors (Lipinski definition) is 4. The van der Waals surface area contributed by atoms with E-state index < -0.39 is 0 Å². The number of fused-ring (bicyclic) bond motifs is 1. The van der Waals surface area contributed by atoms with Gasteiger partial charge in [-0.1, -0.05) is 0 Å². The van der Waals surface area contributed by atoms with Crippen LogP contribution in [0.3, 0.4) is 0 Å². The van der Waals surface area contributed by atoms with E-state index >= 15 is 0 Å². The molecule has 1 aromatic heterocycles. The smallest absolute Gasteiger partial charge is 0.342 e. The molecule has 0 unspecified atom stereocenters. The van der Waals surface area contributed by atoms with Crippen molar-refractivity contribution >= 4 is 16.9 Å². The normalized spacial score (nSPS) is 14.5. The van der Waals surface area contributed by atoms with Crippen LogP contribution in [0.25, 0.3) is 11.0 Å². The molecule has 0 spiro atoms. The number of furan rings is 1. The molecule has 20 heavy (non-hydrogen) atoms. The Balaban J connectivity index is 1.93. The lowest BCUT2D eigenvalue weighted by atomic mass is 10.1. The Hall–Kier alpha value is -1.97. The van der Waals surface area contributed by atoms with E-state index in [1.54, 1.807) is 13.8 Å². The number of benzene rings is 1. The van der Waals surface area contributed by atoms with Crippen molar-refractivity contribution in [1.82, 2.24) is 0 Å². The van der Waals surface area contributed by atoms with Crippen molar-refractivity contribution in [3.63, 3.8) is 0 Å². The maximum absolute atomic E-state index is 12.0. The second kappa shape index (κ2) is 5.19. The Bertz CT molecular complexity index is 637. The highest BCUT2D eigenvalue weighted by Gasteiger charge is 2.23. The molecule has 106 valence electrons. The van der Waals surface area contributed by atoms with Crippen molar-refractivity contribution in [2.45, 2.75) is 26.7 Å². The van der Waals surface area contributed by atoms with Gasteiger partial charge in [0.1, 0.15) is 22.7 Å². The van der Waals surface area contributed by atoms with Crippen LogP contribution in [0.1, 0.15) is 35.9 Å². The van der Waals surface area contributed by atoms with Gasteiger partial charge in [0.25, 0.3) is 0 Å². The fraction of sp³-hybridized carbons (Fsp3) is 0.438. The number of ether oxygens (including phenoxy) is 2. The van der Waals surface area contributed by atoms with Crippen LogP contribution < -0.4 is 4.74 Å². The summed E-state index contributed by atoms with van der Waals surface area (Å²) in [6.45, 7) is 4.66. The Labute approximate surface area is 117 Å². The SMILES string of the molecule is CCOC(=O)c1c(C)oc2ccc(OCC3CC3)cc12. The fourth-order valence-electron chi connectivity index (χ4n) is 2.24. The Morgan fingerprint density at radius 1 is 1.40 bits per heavy atom. The third kappa shape index (κ3) is 2.50. The first kappa shape index (κ1) is 13.0. The van der Waals surface area contributed by atoms with Gasteiger partial charge in [-0.15, -0.1) is 0 Å². The monoisotopic (exact) mass is 274 g/mol. The maximum atomic E-state index is 12.0. The largest absolute Gasteiger partial charge is 0.493 e. The Kier molecular flexibility index (Phi) is 3.38. The number of carbonyl (C=O) groups is 1. The first-order chi connectivity index (χ1) is 9.69. The Morgan fingerprint density at radius 2 is 2.20 bits per heavy atom. The molecular weight excluding hydrogens is 256 g/mol. The summed E-state index contributed by atoms with van der Waals surface area (Å²) in [6.07, 6.45) is 2.50. The van der Waals surface area contributed by atoms with Crippen molar-refractivity contribution < 1.29 is 18.7 Å². The second-order valence-corrected chi connectivity index (χ2v) is 5.17. The van der Waals surface area contributed by atoms with Crippen LogP contribution in [0.2, 0.25) is 0 Å². The molecule has 1 heterocycles. The lowest BCUT2D eigenvalue weighted by Gasteiger charge is -2.05. The highest BCUT2D eigenvalue weighted by molar-refractivity contribution is 6.04. The molecule has 4 nitrogen and oxygen atoms in total. The molecule has 1 fully saturated rings. The van der Waals surface area contributed by atoms with Crippen LogP contribution >= 0.6 is 0 Å². The number of esters is 1. The summed E-state index contributed by atoms with van der Waals surface area (Å²) in [4.78, 5) is 12.0. The lowest BCUT2D eigenvalue weighted by Crippen LogP contribution is -2.05. The van der Waals surface area contributed by atoms with E-state index in [-0.39, 0.29) is 5.97 Å². The van der Waals surface area contributed by atoms with Gasteiger partial charge in [0.2, 0.25) is 0 Å². The predicted octanol–water partition coefficient (Wildman–Crippen LogP) is 3.71. The highest BCUT2D eigenvalue weighted by atomic mass is 16.5. The molecule has 3 rings (SSSR count). The first-order valence-corrected chi connectivity index (χ1v) is 7.02. The van der Waals surface area contributed by atoms with Crippen LogP contribution in [0.4, 0.5) is 0 Å². The van der Waals surface area contributed by atoms with Gasteiger partial charge in [0, 0.05) is 5.39 Å². The van der Waals surface area contributed by atoms with Gasteiger partial charge in [0.05, 0.1) is 13.2 Å². The van der Waals surface area contributed by atoms with Gasteiger partial charge in [-0.3, -0.25) is 0 Å². The summed E-state index contributed by atoms with van der Waals surface area (Å²) in [7, 11) is 0. The molecule has 0 radical (unpaired) electrons. The minimum absolute atomic E-state index is 0.344. The van der Waals surface area contributed by atoms with Gasteiger partial charge in [-0.05, 0) is 50.8 Å². The van der Waals surface area contributed by atoms with E-state index in [0.717, 1.165) is 17.7 Å². The van der Waals surface area contributed by atoms with Crippen molar-refractivity contribution in [3.8, 4) is 5.75 Å². The van der Waals surface area contributed by atoms with Crippen molar-refractivity contribution in [3.05, 3.63) is 29.5 Å². The minimum atomic E-state index is -0.344. The van der Waals surface area contributed by atoms with Gasteiger partial charge < -0.3 is 13.9 Å². The average molecular weight is 274 g/mol. The molecule has 1 aliphatic rings. The molecule has 1 aromatic carbocycles. The van der Waals surface area contributed by atoms with Crippen LogP contribution in [-0.2, 0) is 4.74 Å². The van der Waals surface area contributed by atoms with Gasteiger partial charge in [-0.2, -0.15) is 0 Å². The summed E-state index contributed by atoms with van der Waals surface area (Å²) in [5.74, 6) is 1.71. The fourth-order valence-corrected chi connectivity index (χ4v) is 2.24. The third-order valence-corrected chi connectivity index (χ3v) is 3.50. The van der Waals surface area contributed by atoms with Crippen molar-refractivity contribution in [1.29, 1.82) is 0 Å². The van der Waals surface area contributed by atoms with Crippen LogP contribution in [0.5, 0.6) is 5.75 Å². The third-order valence-electron chi connectivity index (χ3n) is 3.50. The standard InChI is InChI=1S/C16H18O4/c1-3-18-16(17)15-10(2)20-14-7-6-12(8-13(14)15)19-9-11-4-5-11/h6-8,11H,3-5,9H2,1-2H3. The Morgan fingerprint density at radius 3 is 2.90 bits per heavy atom. The quantitative estimate of drug-likeness (QED) is 0.780. The van der Waals surface area contributed by atoms with E-state index in [2.05, 4.69) is 0 Å². The van der Waals surface area contributed by atoms with Crippen molar-refractivity contribution in [2.24, 2.45) is 5.92 Å². The lowest BCUT2D eigenvalue weighted by molar-refractivity contribution is 0.0526. The summed E-state index contributed by atoms with van der Waals surface area (Å²) in [6, 6.07) is 5.58. The number of carbonyl (C=O) groups excluding carboxylic acids is 1. The molecule has 0 atom stereocenters. The van der Waals surface area contributed by atoms with E-state index in [4.69, 9.17) is 13.9 Å². The topological polar surface area (TPSA) is 48.7 Å². The molecule has 0 aliphatic heterocycles. The zero-order valence-electron chi connectivity index (χ0n) is 11.8. The van der Waals surface area contributed by atoms with E-state index in [0.29, 0.717) is 29.4 Å². The van der Waals surface area contributed by atoms with E-state index in [9.17, 15) is 4.79 Å². The van der Waals surface area contributed by atoms with E-state index in [1.165, 1.54) is 12.8 Å². The van der Waals surface area contributed by atoms with Crippen LogP contribution in [-0.4, -0.2) is 19.2 Å². The first-order valence-electron chi connectivity index (χ1n) is 7.02. The van der Waals surface area contributed by atoms with E-state index in [1.807, 2.05) is 18.2 Å². The summed E-state index contributed by atoms with van der Waals surface area (Å²) < 4.78 is 16.4. The molecule has 1 saturated carbocycles. The average Bonchev–Trinajstić information content (AvgIpc) is 3.18. The molecule has 0 amide bonds. The molecule has 1 aliphatic carbocycles. The summed E-state index contributed by atoms with van der Waals surface area (Å²) in [5, 5.41) is 0.759. The minimum Gasteiger partial charge on any atom is -0.493 e. The summed E-state index contributed by atoms with van der Waals surface area (Å²) >= 11 is 0. The molecule has 4 heteroatoms. The number of rotatable bonds is 5. The number of aryl methyl sites for hydroxylation is 1. The molecular formula is C16H18O4. The number of hydrogen-bond donors (Lipinski definition) is 0. The molecule has 0 bridgehead atoms.